The minimum Gasteiger partial charge on any atom is -0.459 e. The molecule has 1 aliphatic carbocycles. The van der Waals surface area contributed by atoms with Crippen LogP contribution in [-0.4, -0.2) is 36.6 Å². The summed E-state index contributed by atoms with van der Waals surface area (Å²) in [6.45, 7) is 1.16. The third-order valence-electron chi connectivity index (χ3n) is 4.19. The normalized spacial score (nSPS) is 31.3. The van der Waals surface area contributed by atoms with Gasteiger partial charge in [-0.2, -0.15) is 0 Å². The molecule has 1 heterocycles. The highest BCUT2D eigenvalue weighted by Crippen LogP contribution is 2.36. The quantitative estimate of drug-likeness (QED) is 0.749. The average molecular weight is 245 g/mol. The van der Waals surface area contributed by atoms with E-state index in [1.807, 2.05) is 30.3 Å². The monoisotopic (exact) mass is 245 g/mol. The van der Waals surface area contributed by atoms with Crippen molar-refractivity contribution in [3.05, 3.63) is 35.9 Å². The van der Waals surface area contributed by atoms with Crippen molar-refractivity contribution < 1.29 is 9.53 Å². The molecule has 0 N–H and O–H groups in total. The molecule has 1 aliphatic heterocycles. The fourth-order valence-corrected chi connectivity index (χ4v) is 3.30. The van der Waals surface area contributed by atoms with Gasteiger partial charge in [0.2, 0.25) is 0 Å². The smallest absolute Gasteiger partial charge is 0.338 e. The summed E-state index contributed by atoms with van der Waals surface area (Å²) >= 11 is 0. The Balaban J connectivity index is 1.63. The Morgan fingerprint density at radius 2 is 2.00 bits per heavy atom. The molecule has 3 rings (SSSR count). The maximum atomic E-state index is 12.0. The number of carbonyl (C=O) groups is 1. The van der Waals surface area contributed by atoms with Crippen LogP contribution in [0.15, 0.2) is 30.3 Å². The first-order valence-electron chi connectivity index (χ1n) is 6.68. The topological polar surface area (TPSA) is 29.5 Å². The molecule has 3 nitrogen and oxygen atoms in total. The van der Waals surface area contributed by atoms with E-state index in [-0.39, 0.29) is 12.1 Å². The minimum atomic E-state index is -0.176. The van der Waals surface area contributed by atoms with E-state index in [1.54, 1.807) is 0 Å². The summed E-state index contributed by atoms with van der Waals surface area (Å²) in [5, 5.41) is 0. The van der Waals surface area contributed by atoms with Crippen molar-refractivity contribution >= 4 is 5.97 Å². The number of likely N-dealkylation sites (tertiary alicyclic amines) is 1. The summed E-state index contributed by atoms with van der Waals surface area (Å²) in [6.07, 6.45) is 3.40. The Kier molecular flexibility index (Phi) is 3.08. The van der Waals surface area contributed by atoms with Gasteiger partial charge in [-0.1, -0.05) is 18.2 Å². The number of carbonyl (C=O) groups excluding carboxylic acids is 1. The van der Waals surface area contributed by atoms with Crippen LogP contribution in [-0.2, 0) is 4.74 Å². The molecule has 1 aromatic carbocycles. The summed E-state index contributed by atoms with van der Waals surface area (Å²) in [7, 11) is 2.17. The Morgan fingerprint density at radius 1 is 1.22 bits per heavy atom. The van der Waals surface area contributed by atoms with Crippen LogP contribution in [0.2, 0.25) is 0 Å². The molecule has 2 aliphatic rings. The lowest BCUT2D eigenvalue weighted by Crippen LogP contribution is -2.32. The van der Waals surface area contributed by atoms with E-state index in [4.69, 9.17) is 4.74 Å². The van der Waals surface area contributed by atoms with E-state index >= 15 is 0 Å². The first-order chi connectivity index (χ1) is 8.72. The van der Waals surface area contributed by atoms with Crippen molar-refractivity contribution in [1.82, 2.24) is 4.90 Å². The SMILES string of the molecule is CN1C[C@@H]2C[C@H](OC(=O)c3ccccc3)C[C@H]1C2. The predicted molar refractivity (Wildman–Crippen MR) is 69.4 cm³/mol. The van der Waals surface area contributed by atoms with Gasteiger partial charge >= 0.3 is 5.97 Å². The highest BCUT2D eigenvalue weighted by molar-refractivity contribution is 5.89. The second-order valence-electron chi connectivity index (χ2n) is 5.56. The molecular weight excluding hydrogens is 226 g/mol. The van der Waals surface area contributed by atoms with E-state index in [9.17, 15) is 4.79 Å². The molecular formula is C15H19NO2. The Labute approximate surface area is 108 Å². The van der Waals surface area contributed by atoms with Gasteiger partial charge in [0.05, 0.1) is 5.56 Å². The molecule has 0 unspecified atom stereocenters. The van der Waals surface area contributed by atoms with E-state index in [1.165, 1.54) is 6.42 Å². The lowest BCUT2D eigenvalue weighted by molar-refractivity contribution is 0.0148. The van der Waals surface area contributed by atoms with Crippen LogP contribution in [0.5, 0.6) is 0 Å². The van der Waals surface area contributed by atoms with Crippen LogP contribution in [0.3, 0.4) is 0 Å². The maximum absolute atomic E-state index is 12.0. The summed E-state index contributed by atoms with van der Waals surface area (Å²) in [6, 6.07) is 9.88. The fourth-order valence-electron chi connectivity index (χ4n) is 3.30. The van der Waals surface area contributed by atoms with Crippen molar-refractivity contribution in [3.8, 4) is 0 Å². The van der Waals surface area contributed by atoms with Gasteiger partial charge in [0, 0.05) is 12.6 Å². The molecule has 2 bridgehead atoms. The van der Waals surface area contributed by atoms with Gasteiger partial charge in [-0.25, -0.2) is 4.79 Å². The first kappa shape index (κ1) is 11.7. The van der Waals surface area contributed by atoms with Gasteiger partial charge in [-0.15, -0.1) is 0 Å². The largest absolute Gasteiger partial charge is 0.459 e. The molecule has 3 heteroatoms. The molecule has 18 heavy (non-hydrogen) atoms. The highest BCUT2D eigenvalue weighted by atomic mass is 16.5. The number of hydrogen-bond acceptors (Lipinski definition) is 3. The number of ether oxygens (including phenoxy) is 1. The van der Waals surface area contributed by atoms with Crippen LogP contribution in [0.25, 0.3) is 0 Å². The van der Waals surface area contributed by atoms with Gasteiger partial charge in [-0.3, -0.25) is 0 Å². The van der Waals surface area contributed by atoms with Crippen molar-refractivity contribution in [2.45, 2.75) is 31.4 Å². The van der Waals surface area contributed by atoms with Gasteiger partial charge in [0.25, 0.3) is 0 Å². The van der Waals surface area contributed by atoms with Crippen LogP contribution in [0.1, 0.15) is 29.6 Å². The zero-order valence-electron chi connectivity index (χ0n) is 10.7. The van der Waals surface area contributed by atoms with Gasteiger partial charge in [-0.05, 0) is 44.4 Å². The predicted octanol–water partition coefficient (Wildman–Crippen LogP) is 2.33. The molecule has 0 amide bonds. The van der Waals surface area contributed by atoms with E-state index < -0.39 is 0 Å². The van der Waals surface area contributed by atoms with E-state index in [0.29, 0.717) is 17.5 Å². The van der Waals surface area contributed by atoms with Gasteiger partial charge in [0.15, 0.2) is 0 Å². The lowest BCUT2D eigenvalue weighted by Gasteiger charge is -2.28. The molecule has 0 aromatic heterocycles. The zero-order valence-corrected chi connectivity index (χ0v) is 10.7. The van der Waals surface area contributed by atoms with Crippen LogP contribution < -0.4 is 0 Å². The Morgan fingerprint density at radius 3 is 2.72 bits per heavy atom. The van der Waals surface area contributed by atoms with Crippen molar-refractivity contribution in [2.24, 2.45) is 5.92 Å². The highest BCUT2D eigenvalue weighted by Gasteiger charge is 2.39. The number of fused-ring (bicyclic) bond motifs is 2. The molecule has 3 atom stereocenters. The number of rotatable bonds is 2. The summed E-state index contributed by atoms with van der Waals surface area (Å²) in [4.78, 5) is 14.4. The molecule has 1 saturated heterocycles. The van der Waals surface area contributed by atoms with E-state index in [0.717, 1.165) is 19.4 Å². The number of esters is 1. The fraction of sp³-hybridized carbons (Fsp3) is 0.533. The lowest BCUT2D eigenvalue weighted by atomic mass is 9.88. The van der Waals surface area contributed by atoms with Crippen LogP contribution in [0, 0.1) is 5.92 Å². The number of hydrogen-bond donors (Lipinski definition) is 0. The van der Waals surface area contributed by atoms with Crippen molar-refractivity contribution in [1.29, 1.82) is 0 Å². The maximum Gasteiger partial charge on any atom is 0.338 e. The molecule has 96 valence electrons. The second-order valence-corrected chi connectivity index (χ2v) is 5.56. The third kappa shape index (κ3) is 2.27. The Bertz CT molecular complexity index is 429. The summed E-state index contributed by atoms with van der Waals surface area (Å²) < 4.78 is 5.64. The first-order valence-corrected chi connectivity index (χ1v) is 6.68. The standard InChI is InChI=1S/C15H19NO2/c1-16-10-11-7-13(16)9-14(8-11)18-15(17)12-5-3-2-4-6-12/h2-6,11,13-14H,7-10H2,1H3/t11-,13+,14-/m0/s1. The average Bonchev–Trinajstić information content (AvgIpc) is 2.64. The minimum absolute atomic E-state index is 0.103. The summed E-state index contributed by atoms with van der Waals surface area (Å²) in [5.41, 5.74) is 0.656. The molecule has 1 saturated carbocycles. The summed E-state index contributed by atoms with van der Waals surface area (Å²) in [5.74, 6) is 0.534. The third-order valence-corrected chi connectivity index (χ3v) is 4.19. The zero-order chi connectivity index (χ0) is 12.5. The van der Waals surface area contributed by atoms with E-state index in [2.05, 4.69) is 11.9 Å². The van der Waals surface area contributed by atoms with Gasteiger partial charge in [0.1, 0.15) is 6.10 Å². The second kappa shape index (κ2) is 4.73. The molecule has 0 spiro atoms. The molecule has 0 radical (unpaired) electrons. The van der Waals surface area contributed by atoms with Crippen molar-refractivity contribution in [3.63, 3.8) is 0 Å². The van der Waals surface area contributed by atoms with Crippen LogP contribution >= 0.6 is 0 Å². The van der Waals surface area contributed by atoms with Gasteiger partial charge < -0.3 is 9.64 Å². The molecule has 1 aromatic rings. The molecule has 2 fully saturated rings. The number of benzene rings is 1. The number of nitrogens with zero attached hydrogens (tertiary/aromatic N) is 1. The van der Waals surface area contributed by atoms with Crippen molar-refractivity contribution in [2.75, 3.05) is 13.6 Å². The Hall–Kier alpha value is -1.35. The van der Waals surface area contributed by atoms with Crippen LogP contribution in [0.4, 0.5) is 0 Å².